The largest absolute Gasteiger partial charge is 0.512 e. The predicted molar refractivity (Wildman–Crippen MR) is 49.0 cm³/mol. The van der Waals surface area contributed by atoms with Crippen LogP contribution >= 0.6 is 0 Å². The van der Waals surface area contributed by atoms with E-state index >= 15 is 0 Å². The van der Waals surface area contributed by atoms with E-state index in [0.29, 0.717) is 6.42 Å². The highest BCUT2D eigenvalue weighted by atomic mass is 16.3. The van der Waals surface area contributed by atoms with E-state index in [1.54, 1.807) is 0 Å². The molecule has 1 aromatic heterocycles. The lowest BCUT2D eigenvalue weighted by atomic mass is 10.2. The van der Waals surface area contributed by atoms with Gasteiger partial charge in [0.05, 0.1) is 0 Å². The molecule has 1 rings (SSSR count). The van der Waals surface area contributed by atoms with Gasteiger partial charge in [0.1, 0.15) is 5.76 Å². The number of aryl methyl sites for hydroxylation is 1. The Morgan fingerprint density at radius 3 is 2.92 bits per heavy atom. The van der Waals surface area contributed by atoms with Crippen molar-refractivity contribution in [3.63, 3.8) is 0 Å². The molecule has 0 fully saturated rings. The van der Waals surface area contributed by atoms with E-state index in [4.69, 9.17) is 5.73 Å². The zero-order valence-electron chi connectivity index (χ0n) is 7.40. The first-order chi connectivity index (χ1) is 6.09. The van der Waals surface area contributed by atoms with Gasteiger partial charge >= 0.3 is 0 Å². The van der Waals surface area contributed by atoms with Crippen molar-refractivity contribution in [2.75, 3.05) is 0 Å². The smallest absolute Gasteiger partial charge is 0.244 e. The molecule has 0 aromatic carbocycles. The number of aliphatic hydroxyl groups is 1. The monoisotopic (exact) mass is 180 g/mol. The zero-order valence-corrected chi connectivity index (χ0v) is 7.40. The molecule has 0 aliphatic rings. The molecule has 4 heteroatoms. The quantitative estimate of drug-likeness (QED) is 0.525. The molecule has 4 nitrogen and oxygen atoms in total. The molecule has 1 heterocycles. The standard InChI is InChI=1S/C9H12N2O2/c1-11-4-2-3-7(11)5-8(12)6-9(10)13/h2-4,6,12H,5H2,1H3,(H2,10,13)/b8-6-. The number of carbonyl (C=O) groups excluding carboxylic acids is 1. The van der Waals surface area contributed by atoms with Crippen LogP contribution in [0.5, 0.6) is 0 Å². The van der Waals surface area contributed by atoms with Gasteiger partial charge < -0.3 is 15.4 Å². The van der Waals surface area contributed by atoms with E-state index in [1.165, 1.54) is 0 Å². The molecule has 1 aromatic rings. The Balaban J connectivity index is 2.70. The first-order valence-corrected chi connectivity index (χ1v) is 3.89. The molecule has 0 saturated carbocycles. The van der Waals surface area contributed by atoms with Crippen LogP contribution in [0.2, 0.25) is 0 Å². The molecule has 13 heavy (non-hydrogen) atoms. The van der Waals surface area contributed by atoms with E-state index in [9.17, 15) is 9.90 Å². The van der Waals surface area contributed by atoms with Crippen LogP contribution in [0.3, 0.4) is 0 Å². The maximum atomic E-state index is 10.4. The van der Waals surface area contributed by atoms with Crippen molar-refractivity contribution in [3.05, 3.63) is 35.9 Å². The summed E-state index contributed by atoms with van der Waals surface area (Å²) < 4.78 is 1.87. The van der Waals surface area contributed by atoms with Gasteiger partial charge in [-0.05, 0) is 12.1 Å². The highest BCUT2D eigenvalue weighted by Gasteiger charge is 2.01. The Morgan fingerprint density at radius 2 is 2.46 bits per heavy atom. The molecule has 0 aliphatic carbocycles. The van der Waals surface area contributed by atoms with E-state index in [0.717, 1.165) is 11.8 Å². The molecule has 0 aliphatic heterocycles. The third kappa shape index (κ3) is 2.66. The Kier molecular flexibility index (Phi) is 2.74. The van der Waals surface area contributed by atoms with Crippen molar-refractivity contribution in [2.45, 2.75) is 6.42 Å². The van der Waals surface area contributed by atoms with E-state index in [2.05, 4.69) is 0 Å². The second kappa shape index (κ2) is 3.80. The summed E-state index contributed by atoms with van der Waals surface area (Å²) in [6.07, 6.45) is 3.21. The zero-order chi connectivity index (χ0) is 9.84. The molecule has 0 spiro atoms. The summed E-state index contributed by atoms with van der Waals surface area (Å²) in [5.74, 6) is -0.652. The topological polar surface area (TPSA) is 68.2 Å². The molecule has 0 atom stereocenters. The molecular weight excluding hydrogens is 168 g/mol. The summed E-state index contributed by atoms with van der Waals surface area (Å²) in [7, 11) is 1.87. The molecular formula is C9H12N2O2. The Morgan fingerprint density at radius 1 is 1.77 bits per heavy atom. The van der Waals surface area contributed by atoms with Gasteiger partial charge in [-0.15, -0.1) is 0 Å². The average molecular weight is 180 g/mol. The van der Waals surface area contributed by atoms with Gasteiger partial charge in [-0.2, -0.15) is 0 Å². The number of hydrogen-bond acceptors (Lipinski definition) is 2. The Labute approximate surface area is 76.3 Å². The number of allylic oxidation sites excluding steroid dienone is 1. The number of amides is 1. The van der Waals surface area contributed by atoms with Crippen LogP contribution in [-0.2, 0) is 18.3 Å². The van der Waals surface area contributed by atoms with Crippen LogP contribution in [-0.4, -0.2) is 15.6 Å². The second-order valence-electron chi connectivity index (χ2n) is 2.83. The summed E-state index contributed by atoms with van der Waals surface area (Å²) in [4.78, 5) is 10.4. The average Bonchev–Trinajstić information content (AvgIpc) is 2.34. The summed E-state index contributed by atoms with van der Waals surface area (Å²) in [5.41, 5.74) is 5.80. The van der Waals surface area contributed by atoms with Gasteiger partial charge in [0, 0.05) is 31.4 Å². The van der Waals surface area contributed by atoms with Gasteiger partial charge in [-0.3, -0.25) is 4.79 Å². The lowest BCUT2D eigenvalue weighted by Gasteiger charge is -2.01. The minimum atomic E-state index is -0.633. The van der Waals surface area contributed by atoms with Crippen LogP contribution in [0, 0.1) is 0 Å². The number of aromatic nitrogens is 1. The van der Waals surface area contributed by atoms with Gasteiger partial charge in [0.25, 0.3) is 0 Å². The fourth-order valence-electron chi connectivity index (χ4n) is 1.08. The number of hydrogen-bond donors (Lipinski definition) is 2. The van der Waals surface area contributed by atoms with Crippen LogP contribution < -0.4 is 5.73 Å². The van der Waals surface area contributed by atoms with E-state index in [-0.39, 0.29) is 5.76 Å². The fraction of sp³-hybridized carbons (Fsp3) is 0.222. The lowest BCUT2D eigenvalue weighted by Crippen LogP contribution is -2.08. The fourth-order valence-corrected chi connectivity index (χ4v) is 1.08. The van der Waals surface area contributed by atoms with Crippen molar-refractivity contribution >= 4 is 5.91 Å². The van der Waals surface area contributed by atoms with Crippen LogP contribution in [0.25, 0.3) is 0 Å². The second-order valence-corrected chi connectivity index (χ2v) is 2.83. The van der Waals surface area contributed by atoms with Crippen molar-refractivity contribution in [3.8, 4) is 0 Å². The van der Waals surface area contributed by atoms with Gasteiger partial charge in [-0.25, -0.2) is 0 Å². The number of primary amides is 1. The molecule has 0 unspecified atom stereocenters. The minimum absolute atomic E-state index is 0.0192. The first-order valence-electron chi connectivity index (χ1n) is 3.89. The SMILES string of the molecule is Cn1cccc1C/C(O)=C/C(N)=O. The highest BCUT2D eigenvalue weighted by Crippen LogP contribution is 2.05. The molecule has 3 N–H and O–H groups in total. The van der Waals surface area contributed by atoms with Crippen molar-refractivity contribution in [1.82, 2.24) is 4.57 Å². The van der Waals surface area contributed by atoms with Crippen LogP contribution in [0.4, 0.5) is 0 Å². The number of rotatable bonds is 3. The molecule has 0 bridgehead atoms. The number of aliphatic hydroxyl groups excluding tert-OH is 1. The summed E-state index contributed by atoms with van der Waals surface area (Å²) in [6, 6.07) is 3.73. The predicted octanol–water partition coefficient (Wildman–Crippen LogP) is 0.495. The molecule has 0 radical (unpaired) electrons. The maximum absolute atomic E-state index is 10.4. The Bertz CT molecular complexity index is 339. The number of nitrogens with two attached hydrogens (primary N) is 1. The van der Waals surface area contributed by atoms with Crippen LogP contribution in [0.15, 0.2) is 30.2 Å². The minimum Gasteiger partial charge on any atom is -0.512 e. The van der Waals surface area contributed by atoms with Gasteiger partial charge in [-0.1, -0.05) is 0 Å². The van der Waals surface area contributed by atoms with E-state index < -0.39 is 5.91 Å². The normalized spacial score (nSPS) is 11.6. The van der Waals surface area contributed by atoms with Gasteiger partial charge in [0.2, 0.25) is 5.91 Å². The highest BCUT2D eigenvalue weighted by molar-refractivity contribution is 5.86. The molecule has 0 saturated heterocycles. The summed E-state index contributed by atoms with van der Waals surface area (Å²) in [6.45, 7) is 0. The molecule has 70 valence electrons. The third-order valence-electron chi connectivity index (χ3n) is 1.72. The number of carbonyl (C=O) groups is 1. The maximum Gasteiger partial charge on any atom is 0.244 e. The number of nitrogens with zero attached hydrogens (tertiary/aromatic N) is 1. The Hall–Kier alpha value is -1.71. The van der Waals surface area contributed by atoms with Gasteiger partial charge in [0.15, 0.2) is 0 Å². The van der Waals surface area contributed by atoms with Crippen LogP contribution in [0.1, 0.15) is 5.69 Å². The van der Waals surface area contributed by atoms with Crippen molar-refractivity contribution in [2.24, 2.45) is 12.8 Å². The van der Waals surface area contributed by atoms with Crippen molar-refractivity contribution in [1.29, 1.82) is 0 Å². The molecule has 1 amide bonds. The third-order valence-corrected chi connectivity index (χ3v) is 1.72. The summed E-state index contributed by atoms with van der Waals surface area (Å²) >= 11 is 0. The van der Waals surface area contributed by atoms with E-state index in [1.807, 2.05) is 29.9 Å². The lowest BCUT2D eigenvalue weighted by molar-refractivity contribution is -0.113. The summed E-state index contributed by atoms with van der Waals surface area (Å²) in [5, 5.41) is 9.26. The first kappa shape index (κ1) is 9.38. The van der Waals surface area contributed by atoms with Crippen molar-refractivity contribution < 1.29 is 9.90 Å².